The summed E-state index contributed by atoms with van der Waals surface area (Å²) in [4.78, 5) is 15.3. The van der Waals surface area contributed by atoms with Crippen molar-refractivity contribution < 1.29 is 32.1 Å². The van der Waals surface area contributed by atoms with Crippen LogP contribution in [-0.2, 0) is 19.0 Å². The van der Waals surface area contributed by atoms with E-state index in [1.165, 1.54) is 0 Å². The summed E-state index contributed by atoms with van der Waals surface area (Å²) >= 11 is 0. The number of epoxide rings is 1. The number of hydrogen-bond acceptors (Lipinski definition) is 4. The first-order valence-electron chi connectivity index (χ1n) is 2.79. The molecule has 1 atom stereocenters. The van der Waals surface area contributed by atoms with Crippen LogP contribution in [0.3, 0.4) is 0 Å². The van der Waals surface area contributed by atoms with Gasteiger partial charge in [0.05, 0.1) is 12.7 Å². The lowest BCUT2D eigenvalue weighted by Gasteiger charge is -1.94. The van der Waals surface area contributed by atoms with Gasteiger partial charge in [0.15, 0.2) is 0 Å². The van der Waals surface area contributed by atoms with Gasteiger partial charge in [0.2, 0.25) is 0 Å². The van der Waals surface area contributed by atoms with Crippen LogP contribution in [0.5, 0.6) is 0 Å². The molecule has 74 valence electrons. The van der Waals surface area contributed by atoms with Gasteiger partial charge in [-0.3, -0.25) is 4.55 Å². The molecule has 1 unspecified atom stereocenters. The van der Waals surface area contributed by atoms with E-state index in [-0.39, 0.29) is 0 Å². The Balaban J connectivity index is 0.000000247. The third-order valence-corrected chi connectivity index (χ3v) is 3.20. The topological polar surface area (TPSA) is 124 Å². The Morgan fingerprint density at radius 1 is 1.50 bits per heavy atom. The van der Waals surface area contributed by atoms with Crippen molar-refractivity contribution in [2.45, 2.75) is 13.0 Å². The molecule has 1 fully saturated rings. The summed E-state index contributed by atoms with van der Waals surface area (Å²) in [5.41, 5.74) is 0. The third kappa shape index (κ3) is 5.64. The highest BCUT2D eigenvalue weighted by Gasteiger charge is 2.30. The number of hydrogen-bond donors (Lipinski definition) is 3. The predicted octanol–water partition coefficient (Wildman–Crippen LogP) is -0.628. The van der Waals surface area contributed by atoms with Crippen molar-refractivity contribution in [3.8, 4) is 0 Å². The largest absolute Gasteiger partial charge is 0.466 e. The van der Waals surface area contributed by atoms with E-state index in [2.05, 4.69) is 6.92 Å². The maximum Gasteiger partial charge on any atom is 0.466 e. The van der Waals surface area contributed by atoms with Crippen LogP contribution in [0.2, 0.25) is 0 Å². The molecule has 0 aromatic heterocycles. The molecule has 0 amide bonds. The molecular weight excluding hydrogens is 211 g/mol. The second kappa shape index (κ2) is 3.82. The number of ether oxygens (including phenoxy) is 1. The molecular formula is C3H9O7PS. The molecule has 0 bridgehead atoms. The van der Waals surface area contributed by atoms with Crippen LogP contribution in [0.1, 0.15) is 6.92 Å². The van der Waals surface area contributed by atoms with E-state index >= 15 is 0 Å². The minimum absolute atomic E-state index is 0.583. The fourth-order valence-corrected chi connectivity index (χ4v) is 0.0962. The van der Waals surface area contributed by atoms with Crippen molar-refractivity contribution in [2.75, 3.05) is 6.61 Å². The van der Waals surface area contributed by atoms with Crippen molar-refractivity contribution in [1.29, 1.82) is 0 Å². The molecule has 0 radical (unpaired) electrons. The molecule has 1 heterocycles. The molecule has 9 heteroatoms. The summed E-state index contributed by atoms with van der Waals surface area (Å²) in [6.07, 6.45) is 0.583. The lowest BCUT2D eigenvalue weighted by Crippen LogP contribution is -1.96. The lowest BCUT2D eigenvalue weighted by molar-refractivity contribution is 0.378. The van der Waals surface area contributed by atoms with Crippen molar-refractivity contribution in [3.63, 3.8) is 0 Å². The predicted molar refractivity (Wildman–Crippen MR) is 39.0 cm³/mol. The van der Waals surface area contributed by atoms with Gasteiger partial charge >= 0.3 is 16.5 Å². The molecule has 0 saturated carbocycles. The third-order valence-electron chi connectivity index (χ3n) is 0.801. The lowest BCUT2D eigenvalue weighted by atomic mass is 10.6. The molecule has 3 N–H and O–H groups in total. The van der Waals surface area contributed by atoms with Crippen LogP contribution in [0.15, 0.2) is 0 Å². The molecule has 0 aliphatic carbocycles. The summed E-state index contributed by atoms with van der Waals surface area (Å²) in [6.45, 7) is -2.28. The second-order valence-electron chi connectivity index (χ2n) is 2.08. The molecule has 1 aliphatic heterocycles. The molecule has 1 rings (SSSR count). The highest BCUT2D eigenvalue weighted by atomic mass is 32.8. The summed E-state index contributed by atoms with van der Waals surface area (Å²) in [7, 11) is -5.17. The van der Waals surface area contributed by atoms with Crippen LogP contribution < -0.4 is 0 Å². The van der Waals surface area contributed by atoms with Gasteiger partial charge in [0.1, 0.15) is 0 Å². The minimum atomic E-state index is -5.32. The van der Waals surface area contributed by atoms with Crippen LogP contribution in [-0.4, -0.2) is 35.5 Å². The zero-order valence-corrected chi connectivity index (χ0v) is 7.83. The molecule has 0 aromatic rings. The maximum atomic E-state index is 9.51. The van der Waals surface area contributed by atoms with E-state index in [9.17, 15) is 13.0 Å². The van der Waals surface area contributed by atoms with Crippen LogP contribution in [0.4, 0.5) is 0 Å². The quantitative estimate of drug-likeness (QED) is 0.305. The smallest absolute Gasteiger partial charge is 0.373 e. The first-order chi connectivity index (χ1) is 5.14. The van der Waals surface area contributed by atoms with Crippen LogP contribution in [0.25, 0.3) is 0 Å². The Morgan fingerprint density at radius 3 is 1.67 bits per heavy atom. The Labute approximate surface area is 69.0 Å². The monoisotopic (exact) mass is 220 g/mol. The first kappa shape index (κ1) is 12.0. The zero-order valence-electron chi connectivity index (χ0n) is 6.11. The zero-order chi connectivity index (χ0) is 9.99. The van der Waals surface area contributed by atoms with Gasteiger partial charge in [0, 0.05) is 0 Å². The van der Waals surface area contributed by atoms with Gasteiger partial charge in [0.25, 0.3) is 0 Å². The molecule has 1 aliphatic rings. The van der Waals surface area contributed by atoms with Gasteiger partial charge in [-0.15, -0.1) is 0 Å². The van der Waals surface area contributed by atoms with Gasteiger partial charge in [-0.25, -0.2) is 4.57 Å². The summed E-state index contributed by atoms with van der Waals surface area (Å²) < 4.78 is 40.7. The van der Waals surface area contributed by atoms with Crippen molar-refractivity contribution in [2.24, 2.45) is 0 Å². The Morgan fingerprint density at radius 2 is 1.67 bits per heavy atom. The maximum absolute atomic E-state index is 9.51. The first-order valence-corrected chi connectivity index (χ1v) is 6.45. The van der Waals surface area contributed by atoms with Crippen molar-refractivity contribution in [3.05, 3.63) is 0 Å². The summed E-state index contributed by atoms with van der Waals surface area (Å²) in [5, 5.41) is 0. The van der Waals surface area contributed by atoms with E-state index in [0.717, 1.165) is 6.61 Å². The standard InChI is InChI=1S/C3H6O.H3O6PS/c1-3-2-4-3;1-7(2,3)8(4,5)6/h3H,2H2,1H3;(H2,1,2,3)(H,4,5,6). The number of rotatable bonds is 1. The highest BCUT2D eigenvalue weighted by molar-refractivity contribution is 8.46. The van der Waals surface area contributed by atoms with E-state index in [1.54, 1.807) is 0 Å². The van der Waals surface area contributed by atoms with Gasteiger partial charge in [-0.05, 0) is 6.92 Å². The summed E-state index contributed by atoms with van der Waals surface area (Å²) in [6, 6.07) is 0. The summed E-state index contributed by atoms with van der Waals surface area (Å²) in [5.74, 6) is 0. The van der Waals surface area contributed by atoms with E-state index in [4.69, 9.17) is 19.1 Å². The van der Waals surface area contributed by atoms with Crippen LogP contribution in [0, 0.1) is 0 Å². The molecule has 0 aromatic carbocycles. The SMILES string of the molecule is CC1CO1.O=P(O)(O)S(=O)(=O)O. The fraction of sp³-hybridized carbons (Fsp3) is 1.00. The van der Waals surface area contributed by atoms with Gasteiger partial charge in [-0.2, -0.15) is 8.42 Å². The average Bonchev–Trinajstić information content (AvgIpc) is 2.46. The van der Waals surface area contributed by atoms with E-state index in [1.807, 2.05) is 0 Å². The molecule has 12 heavy (non-hydrogen) atoms. The minimum Gasteiger partial charge on any atom is -0.373 e. The van der Waals surface area contributed by atoms with Gasteiger partial charge < -0.3 is 14.5 Å². The molecule has 1 saturated heterocycles. The average molecular weight is 220 g/mol. The molecule has 7 nitrogen and oxygen atoms in total. The second-order valence-corrected chi connectivity index (χ2v) is 6.77. The Bertz CT molecular complexity index is 271. The normalized spacial score (nSPS) is 22.5. The van der Waals surface area contributed by atoms with E-state index < -0.39 is 16.5 Å². The molecule has 0 spiro atoms. The van der Waals surface area contributed by atoms with Crippen LogP contribution >= 0.6 is 6.80 Å². The Hall–Kier alpha value is 0.0200. The van der Waals surface area contributed by atoms with E-state index in [0.29, 0.717) is 6.10 Å². The van der Waals surface area contributed by atoms with Crippen molar-refractivity contribution in [1.82, 2.24) is 0 Å². The fourth-order valence-electron chi connectivity index (χ4n) is 0.0962. The van der Waals surface area contributed by atoms with Gasteiger partial charge in [-0.1, -0.05) is 0 Å². The van der Waals surface area contributed by atoms with Crippen molar-refractivity contribution >= 4 is 16.5 Å². The Kier molecular flexibility index (Phi) is 3.83. The highest BCUT2D eigenvalue weighted by Crippen LogP contribution is 2.40.